The van der Waals surface area contributed by atoms with Gasteiger partial charge in [0.25, 0.3) is 5.91 Å². The van der Waals surface area contributed by atoms with Crippen LogP contribution in [0, 0.1) is 6.92 Å². The molecule has 0 aliphatic heterocycles. The van der Waals surface area contributed by atoms with Crippen LogP contribution >= 0.6 is 15.9 Å². The molecule has 3 rings (SSSR count). The maximum Gasteiger partial charge on any atom is 0.255 e. The van der Waals surface area contributed by atoms with E-state index in [2.05, 4.69) is 41.8 Å². The van der Waals surface area contributed by atoms with Gasteiger partial charge < -0.3 is 16.0 Å². The lowest BCUT2D eigenvalue weighted by atomic mass is 10.2. The van der Waals surface area contributed by atoms with E-state index in [4.69, 9.17) is 0 Å². The Balaban J connectivity index is 1.68. The molecule has 0 atom stereocenters. The Labute approximate surface area is 166 Å². The number of nitrogens with zero attached hydrogens (tertiary/aromatic N) is 2. The molecule has 27 heavy (non-hydrogen) atoms. The molecular weight excluding hydrogens is 406 g/mol. The predicted octanol–water partition coefficient (Wildman–Crippen LogP) is 4.98. The van der Waals surface area contributed by atoms with Crippen LogP contribution < -0.4 is 16.0 Å². The summed E-state index contributed by atoms with van der Waals surface area (Å²) in [5.74, 6) is 2.03. The third-order valence-electron chi connectivity index (χ3n) is 3.70. The first kappa shape index (κ1) is 18.8. The topological polar surface area (TPSA) is 78.9 Å². The van der Waals surface area contributed by atoms with Crippen molar-refractivity contribution in [3.63, 3.8) is 0 Å². The van der Waals surface area contributed by atoms with E-state index in [0.717, 1.165) is 28.2 Å². The standard InChI is InChI=1S/C20H20BrN5O/c1-3-22-18-12-19(24-13(2)23-18)25-16-7-9-17(10-8-16)26-20(27)14-5-4-6-15(21)11-14/h4-12H,3H2,1-2H3,(H,26,27)(H2,22,23,24,25). The number of carbonyl (C=O) groups excluding carboxylic acids is 1. The lowest BCUT2D eigenvalue weighted by molar-refractivity contribution is 0.102. The molecule has 0 aliphatic rings. The average molecular weight is 426 g/mol. The molecule has 2 aromatic carbocycles. The van der Waals surface area contributed by atoms with Crippen molar-refractivity contribution in [1.29, 1.82) is 0 Å². The van der Waals surface area contributed by atoms with Crippen molar-refractivity contribution in [3.05, 3.63) is 70.5 Å². The van der Waals surface area contributed by atoms with E-state index in [0.29, 0.717) is 17.2 Å². The van der Waals surface area contributed by atoms with Gasteiger partial charge in [0.2, 0.25) is 0 Å². The lowest BCUT2D eigenvalue weighted by Gasteiger charge is -2.10. The first-order chi connectivity index (χ1) is 13.0. The summed E-state index contributed by atoms with van der Waals surface area (Å²) in [5.41, 5.74) is 2.19. The van der Waals surface area contributed by atoms with Gasteiger partial charge in [0, 0.05) is 34.0 Å². The number of nitrogens with one attached hydrogen (secondary N) is 3. The molecule has 0 unspecified atom stereocenters. The van der Waals surface area contributed by atoms with Gasteiger partial charge in [0.15, 0.2) is 0 Å². The second-order valence-corrected chi connectivity index (χ2v) is 6.80. The Morgan fingerprint density at radius 3 is 2.41 bits per heavy atom. The summed E-state index contributed by atoms with van der Waals surface area (Å²) >= 11 is 3.37. The van der Waals surface area contributed by atoms with Gasteiger partial charge in [-0.1, -0.05) is 22.0 Å². The zero-order valence-electron chi connectivity index (χ0n) is 15.1. The number of anilines is 4. The number of amides is 1. The summed E-state index contributed by atoms with van der Waals surface area (Å²) < 4.78 is 0.867. The maximum atomic E-state index is 12.3. The van der Waals surface area contributed by atoms with Crippen molar-refractivity contribution >= 4 is 44.8 Å². The monoisotopic (exact) mass is 425 g/mol. The third-order valence-corrected chi connectivity index (χ3v) is 4.19. The highest BCUT2D eigenvalue weighted by Crippen LogP contribution is 2.20. The number of halogens is 1. The summed E-state index contributed by atoms with van der Waals surface area (Å²) in [7, 11) is 0. The molecule has 0 saturated heterocycles. The van der Waals surface area contributed by atoms with E-state index in [1.165, 1.54) is 0 Å². The molecule has 1 aromatic heterocycles. The summed E-state index contributed by atoms with van der Waals surface area (Å²) in [4.78, 5) is 21.0. The van der Waals surface area contributed by atoms with Crippen molar-refractivity contribution in [2.75, 3.05) is 22.5 Å². The minimum atomic E-state index is -0.154. The first-order valence-corrected chi connectivity index (χ1v) is 9.36. The molecule has 0 saturated carbocycles. The van der Waals surface area contributed by atoms with E-state index >= 15 is 0 Å². The Morgan fingerprint density at radius 2 is 1.70 bits per heavy atom. The predicted molar refractivity (Wildman–Crippen MR) is 113 cm³/mol. The maximum absolute atomic E-state index is 12.3. The van der Waals surface area contributed by atoms with Gasteiger partial charge in [-0.15, -0.1) is 0 Å². The van der Waals surface area contributed by atoms with Gasteiger partial charge >= 0.3 is 0 Å². The molecular formula is C20H20BrN5O. The highest BCUT2D eigenvalue weighted by atomic mass is 79.9. The number of aryl methyl sites for hydroxylation is 1. The van der Waals surface area contributed by atoms with Crippen LogP contribution in [0.1, 0.15) is 23.1 Å². The number of hydrogen-bond acceptors (Lipinski definition) is 5. The SMILES string of the molecule is CCNc1cc(Nc2ccc(NC(=O)c3cccc(Br)c3)cc2)nc(C)n1. The van der Waals surface area contributed by atoms with Gasteiger partial charge in [0.1, 0.15) is 17.5 Å². The van der Waals surface area contributed by atoms with Gasteiger partial charge in [-0.3, -0.25) is 4.79 Å². The number of carbonyl (C=O) groups is 1. The smallest absolute Gasteiger partial charge is 0.255 e. The molecule has 138 valence electrons. The molecule has 0 fully saturated rings. The number of aromatic nitrogens is 2. The van der Waals surface area contributed by atoms with Crippen LogP contribution in [-0.2, 0) is 0 Å². The van der Waals surface area contributed by atoms with Crippen LogP contribution in [0.3, 0.4) is 0 Å². The molecule has 3 N–H and O–H groups in total. The summed E-state index contributed by atoms with van der Waals surface area (Å²) in [5, 5.41) is 9.32. The lowest BCUT2D eigenvalue weighted by Crippen LogP contribution is -2.11. The summed E-state index contributed by atoms with van der Waals surface area (Å²) in [6.07, 6.45) is 0. The van der Waals surface area contributed by atoms with Crippen molar-refractivity contribution in [2.24, 2.45) is 0 Å². The third kappa shape index (κ3) is 5.27. The van der Waals surface area contributed by atoms with Crippen LogP contribution in [-0.4, -0.2) is 22.4 Å². The molecule has 0 bridgehead atoms. The van der Waals surface area contributed by atoms with E-state index in [1.54, 1.807) is 12.1 Å². The van der Waals surface area contributed by atoms with Crippen molar-refractivity contribution in [2.45, 2.75) is 13.8 Å². The van der Waals surface area contributed by atoms with Gasteiger partial charge in [-0.25, -0.2) is 9.97 Å². The molecule has 1 heterocycles. The second kappa shape index (κ2) is 8.64. The van der Waals surface area contributed by atoms with Crippen LogP contribution in [0.15, 0.2) is 59.1 Å². The molecule has 0 spiro atoms. The van der Waals surface area contributed by atoms with E-state index in [-0.39, 0.29) is 5.91 Å². The average Bonchev–Trinajstić information content (AvgIpc) is 2.63. The largest absolute Gasteiger partial charge is 0.370 e. The molecule has 6 nitrogen and oxygen atoms in total. The molecule has 1 amide bonds. The van der Waals surface area contributed by atoms with E-state index in [1.807, 2.05) is 56.3 Å². The fraction of sp³-hybridized carbons (Fsp3) is 0.150. The van der Waals surface area contributed by atoms with Crippen LogP contribution in [0.4, 0.5) is 23.0 Å². The number of rotatable bonds is 6. The zero-order valence-corrected chi connectivity index (χ0v) is 16.7. The van der Waals surface area contributed by atoms with Crippen molar-refractivity contribution in [1.82, 2.24) is 9.97 Å². The Bertz CT molecular complexity index is 943. The fourth-order valence-electron chi connectivity index (χ4n) is 2.52. The molecule has 3 aromatic rings. The highest BCUT2D eigenvalue weighted by molar-refractivity contribution is 9.10. The minimum absolute atomic E-state index is 0.154. The van der Waals surface area contributed by atoms with Crippen molar-refractivity contribution in [3.8, 4) is 0 Å². The van der Waals surface area contributed by atoms with Gasteiger partial charge in [-0.2, -0.15) is 0 Å². The quantitative estimate of drug-likeness (QED) is 0.519. The van der Waals surface area contributed by atoms with Crippen molar-refractivity contribution < 1.29 is 4.79 Å². The van der Waals surface area contributed by atoms with E-state index in [9.17, 15) is 4.79 Å². The normalized spacial score (nSPS) is 10.3. The minimum Gasteiger partial charge on any atom is -0.370 e. The molecule has 0 aliphatic carbocycles. The van der Waals surface area contributed by atoms with Crippen LogP contribution in [0.25, 0.3) is 0 Å². The Kier molecular flexibility index (Phi) is 6.03. The van der Waals surface area contributed by atoms with E-state index < -0.39 is 0 Å². The first-order valence-electron chi connectivity index (χ1n) is 8.57. The molecule has 0 radical (unpaired) electrons. The van der Waals surface area contributed by atoms with Gasteiger partial charge in [-0.05, 0) is 56.3 Å². The van der Waals surface area contributed by atoms with Crippen LogP contribution in [0.2, 0.25) is 0 Å². The zero-order chi connectivity index (χ0) is 19.2. The Morgan fingerprint density at radius 1 is 1.00 bits per heavy atom. The fourth-order valence-corrected chi connectivity index (χ4v) is 2.92. The molecule has 7 heteroatoms. The number of benzene rings is 2. The second-order valence-electron chi connectivity index (χ2n) is 5.88. The van der Waals surface area contributed by atoms with Crippen LogP contribution in [0.5, 0.6) is 0 Å². The summed E-state index contributed by atoms with van der Waals surface area (Å²) in [6, 6.07) is 16.6. The van der Waals surface area contributed by atoms with Gasteiger partial charge in [0.05, 0.1) is 0 Å². The number of hydrogen-bond donors (Lipinski definition) is 3. The highest BCUT2D eigenvalue weighted by Gasteiger charge is 2.07. The summed E-state index contributed by atoms with van der Waals surface area (Å²) in [6.45, 7) is 4.67. The Hall–Kier alpha value is -2.93.